The van der Waals surface area contributed by atoms with Gasteiger partial charge < -0.3 is 5.32 Å². The van der Waals surface area contributed by atoms with Gasteiger partial charge in [-0.3, -0.25) is 14.4 Å². The second-order valence-electron chi connectivity index (χ2n) is 9.39. The largest absolute Gasteiger partial charge is 0.435 e. The highest BCUT2D eigenvalue weighted by atomic mass is 35.5. The third-order valence-corrected chi connectivity index (χ3v) is 7.14. The van der Waals surface area contributed by atoms with Crippen LogP contribution in [0.5, 0.6) is 0 Å². The van der Waals surface area contributed by atoms with Gasteiger partial charge in [0.1, 0.15) is 5.78 Å². The number of nitrogens with one attached hydrogen (secondary N) is 1. The fourth-order valence-corrected chi connectivity index (χ4v) is 5.01. The number of halogens is 4. The minimum Gasteiger partial charge on any atom is -0.352 e. The number of carbonyl (C=O) groups is 3. The van der Waals surface area contributed by atoms with E-state index in [-0.39, 0.29) is 47.1 Å². The molecule has 1 heterocycles. The van der Waals surface area contributed by atoms with Crippen LogP contribution in [0.15, 0.2) is 60.8 Å². The summed E-state index contributed by atoms with van der Waals surface area (Å²) in [7, 11) is 0. The van der Waals surface area contributed by atoms with Crippen molar-refractivity contribution in [3.63, 3.8) is 0 Å². The number of ketones is 2. The monoisotopic (exact) mass is 545 g/mol. The molecule has 0 bridgehead atoms. The summed E-state index contributed by atoms with van der Waals surface area (Å²) in [6.45, 7) is 0.0426. The quantitative estimate of drug-likeness (QED) is 0.252. The molecule has 1 aromatic heterocycles. The molecule has 1 fully saturated rings. The first kappa shape index (κ1) is 27.6. The number of nitrogens with zero attached hydrogens (tertiary/aromatic N) is 2. The zero-order valence-corrected chi connectivity index (χ0v) is 21.3. The number of para-hydroxylation sites is 1. The third kappa shape index (κ3) is 6.51. The van der Waals surface area contributed by atoms with E-state index in [4.69, 9.17) is 11.6 Å². The lowest BCUT2D eigenvalue weighted by Gasteiger charge is -2.26. The summed E-state index contributed by atoms with van der Waals surface area (Å²) in [5, 5.41) is 6.21. The van der Waals surface area contributed by atoms with E-state index in [1.807, 2.05) is 18.2 Å². The number of alkyl halides is 3. The van der Waals surface area contributed by atoms with Gasteiger partial charge in [-0.15, -0.1) is 0 Å². The maximum absolute atomic E-state index is 13.6. The van der Waals surface area contributed by atoms with Crippen LogP contribution in [0.4, 0.5) is 13.2 Å². The number of benzene rings is 2. The highest BCUT2D eigenvalue weighted by molar-refractivity contribution is 6.32. The van der Waals surface area contributed by atoms with Crippen LogP contribution in [0.3, 0.4) is 0 Å². The van der Waals surface area contributed by atoms with Crippen molar-refractivity contribution in [2.24, 2.45) is 11.8 Å². The van der Waals surface area contributed by atoms with Crippen molar-refractivity contribution in [3.8, 4) is 5.69 Å². The van der Waals surface area contributed by atoms with E-state index in [0.29, 0.717) is 37.7 Å². The van der Waals surface area contributed by atoms with Crippen LogP contribution in [0.1, 0.15) is 64.9 Å². The lowest BCUT2D eigenvalue weighted by atomic mass is 9.76. The SMILES string of the molecule is O=C(NCCCC(=O)C1CCC(C(=O)c2ccccc2)CC1)c1cn(-c2ccccc2Cl)nc1C(F)(F)F. The Bertz CT molecular complexity index is 1300. The average molecular weight is 546 g/mol. The minimum atomic E-state index is -4.84. The van der Waals surface area contributed by atoms with Crippen LogP contribution < -0.4 is 5.32 Å². The van der Waals surface area contributed by atoms with Crippen molar-refractivity contribution in [1.82, 2.24) is 15.1 Å². The first-order valence-electron chi connectivity index (χ1n) is 12.5. The number of Topliss-reactive ketones (excluding diaryl/α,β-unsaturated/α-hetero) is 2. The summed E-state index contributed by atoms with van der Waals surface area (Å²) in [4.78, 5) is 37.9. The molecule has 0 aliphatic heterocycles. The van der Waals surface area contributed by atoms with Gasteiger partial charge in [-0.1, -0.05) is 54.1 Å². The summed E-state index contributed by atoms with van der Waals surface area (Å²) in [5.41, 5.74) is -1.04. The molecule has 1 aliphatic rings. The van der Waals surface area contributed by atoms with Crippen LogP contribution in [-0.2, 0) is 11.0 Å². The Morgan fingerprint density at radius 3 is 2.24 bits per heavy atom. The lowest BCUT2D eigenvalue weighted by Crippen LogP contribution is -2.28. The normalized spacial score (nSPS) is 17.7. The van der Waals surface area contributed by atoms with Gasteiger partial charge in [-0.05, 0) is 44.2 Å². The zero-order chi connectivity index (χ0) is 27.3. The topological polar surface area (TPSA) is 81.1 Å². The molecule has 0 unspecified atom stereocenters. The molecule has 6 nitrogen and oxygen atoms in total. The molecule has 3 aromatic rings. The second kappa shape index (κ2) is 11.9. The van der Waals surface area contributed by atoms with Crippen molar-refractivity contribution in [2.45, 2.75) is 44.7 Å². The van der Waals surface area contributed by atoms with Gasteiger partial charge in [0.25, 0.3) is 5.91 Å². The number of hydrogen-bond donors (Lipinski definition) is 1. The molecule has 1 amide bonds. The Labute approximate surface area is 223 Å². The highest BCUT2D eigenvalue weighted by Crippen LogP contribution is 2.33. The van der Waals surface area contributed by atoms with Gasteiger partial charge in [-0.2, -0.15) is 18.3 Å². The van der Waals surface area contributed by atoms with E-state index in [9.17, 15) is 27.6 Å². The number of amides is 1. The van der Waals surface area contributed by atoms with Crippen LogP contribution in [-0.4, -0.2) is 33.8 Å². The van der Waals surface area contributed by atoms with Crippen molar-refractivity contribution >= 4 is 29.1 Å². The van der Waals surface area contributed by atoms with E-state index in [1.165, 1.54) is 12.1 Å². The Morgan fingerprint density at radius 1 is 0.947 bits per heavy atom. The predicted octanol–water partition coefficient (Wildman–Crippen LogP) is 6.31. The fourth-order valence-electron chi connectivity index (χ4n) is 4.79. The minimum absolute atomic E-state index is 0.0426. The van der Waals surface area contributed by atoms with Crippen LogP contribution in [0, 0.1) is 11.8 Å². The van der Waals surface area contributed by atoms with Gasteiger partial charge in [0.15, 0.2) is 11.5 Å². The van der Waals surface area contributed by atoms with Crippen LogP contribution in [0.2, 0.25) is 5.02 Å². The molecule has 2 aromatic carbocycles. The Morgan fingerprint density at radius 2 is 1.58 bits per heavy atom. The molecule has 1 saturated carbocycles. The molecule has 0 spiro atoms. The predicted molar refractivity (Wildman–Crippen MR) is 136 cm³/mol. The van der Waals surface area contributed by atoms with Crippen molar-refractivity contribution < 1.29 is 27.6 Å². The molecule has 1 N–H and O–H groups in total. The molecule has 0 radical (unpaired) electrons. The first-order valence-corrected chi connectivity index (χ1v) is 12.8. The van der Waals surface area contributed by atoms with Gasteiger partial charge in [0.2, 0.25) is 0 Å². The summed E-state index contributed by atoms with van der Waals surface area (Å²) in [6, 6.07) is 15.3. The average Bonchev–Trinajstić information content (AvgIpc) is 3.38. The highest BCUT2D eigenvalue weighted by Gasteiger charge is 2.39. The summed E-state index contributed by atoms with van der Waals surface area (Å²) >= 11 is 6.07. The van der Waals surface area contributed by atoms with E-state index < -0.39 is 23.3 Å². The van der Waals surface area contributed by atoms with Crippen LogP contribution >= 0.6 is 11.6 Å². The molecular weight excluding hydrogens is 519 g/mol. The standard InChI is InChI=1S/C28H27ClF3N3O3/c29-22-9-4-5-10-23(22)35-17-21(26(34-35)28(30,31)32)27(38)33-16-6-11-24(36)18-12-14-20(15-13-18)25(37)19-7-2-1-3-8-19/h1-5,7-10,17-18,20H,6,11-16H2,(H,33,38). The number of aromatic nitrogens is 2. The van der Waals surface area contributed by atoms with E-state index >= 15 is 0 Å². The van der Waals surface area contributed by atoms with Gasteiger partial charge in [-0.25, -0.2) is 4.68 Å². The lowest BCUT2D eigenvalue weighted by molar-refractivity contribution is -0.141. The Kier molecular flexibility index (Phi) is 8.66. The van der Waals surface area contributed by atoms with E-state index in [1.54, 1.807) is 24.3 Å². The molecule has 0 saturated heterocycles. The summed E-state index contributed by atoms with van der Waals surface area (Å²) in [6.07, 6.45) is -0.779. The molecule has 4 rings (SSSR count). The Hall–Kier alpha value is -3.46. The number of hydrogen-bond acceptors (Lipinski definition) is 4. The smallest absolute Gasteiger partial charge is 0.352 e. The van der Waals surface area contributed by atoms with Crippen molar-refractivity contribution in [2.75, 3.05) is 6.54 Å². The maximum Gasteiger partial charge on any atom is 0.435 e. The summed E-state index contributed by atoms with van der Waals surface area (Å²) < 4.78 is 41.6. The summed E-state index contributed by atoms with van der Waals surface area (Å²) in [5.74, 6) is -1.00. The van der Waals surface area contributed by atoms with Gasteiger partial charge >= 0.3 is 6.18 Å². The first-order chi connectivity index (χ1) is 18.1. The molecule has 10 heteroatoms. The number of rotatable bonds is 9. The molecular formula is C28H27ClF3N3O3. The molecule has 38 heavy (non-hydrogen) atoms. The molecule has 200 valence electrons. The molecule has 1 aliphatic carbocycles. The van der Waals surface area contributed by atoms with E-state index in [2.05, 4.69) is 10.4 Å². The van der Waals surface area contributed by atoms with Crippen molar-refractivity contribution in [3.05, 3.63) is 82.6 Å². The second-order valence-corrected chi connectivity index (χ2v) is 9.80. The Balaban J connectivity index is 1.27. The fraction of sp³-hybridized carbons (Fsp3) is 0.357. The van der Waals surface area contributed by atoms with Gasteiger partial charge in [0.05, 0.1) is 16.3 Å². The van der Waals surface area contributed by atoms with Gasteiger partial charge in [0, 0.05) is 36.6 Å². The third-order valence-electron chi connectivity index (χ3n) is 6.82. The zero-order valence-electron chi connectivity index (χ0n) is 20.5. The van der Waals surface area contributed by atoms with Crippen molar-refractivity contribution in [1.29, 1.82) is 0 Å². The van der Waals surface area contributed by atoms with E-state index in [0.717, 1.165) is 10.9 Å². The van der Waals surface area contributed by atoms with Crippen LogP contribution in [0.25, 0.3) is 5.69 Å². The maximum atomic E-state index is 13.6. The molecule has 0 atom stereocenters. The number of carbonyl (C=O) groups excluding carboxylic acids is 3.